The average Bonchev–Trinajstić information content (AvgIpc) is 3.17. The van der Waals surface area contributed by atoms with Gasteiger partial charge < -0.3 is 9.84 Å². The monoisotopic (exact) mass is 333 g/mol. The van der Waals surface area contributed by atoms with Gasteiger partial charge in [-0.2, -0.15) is 0 Å². The summed E-state index contributed by atoms with van der Waals surface area (Å²) in [7, 11) is 0. The minimum absolute atomic E-state index is 0.0559. The fourth-order valence-corrected chi connectivity index (χ4v) is 6.03. The van der Waals surface area contributed by atoms with Gasteiger partial charge in [-0.15, -0.1) is 0 Å². The van der Waals surface area contributed by atoms with Crippen molar-refractivity contribution in [2.24, 2.45) is 29.6 Å². The molecule has 2 saturated carbocycles. The van der Waals surface area contributed by atoms with Crippen LogP contribution in [0.25, 0.3) is 0 Å². The zero-order valence-corrected chi connectivity index (χ0v) is 13.9. The van der Waals surface area contributed by atoms with Crippen molar-refractivity contribution < 1.29 is 14.6 Å². The van der Waals surface area contributed by atoms with Crippen LogP contribution >= 0.6 is 11.6 Å². The van der Waals surface area contributed by atoms with Crippen molar-refractivity contribution in [1.82, 2.24) is 0 Å². The molecule has 0 radical (unpaired) electrons. The van der Waals surface area contributed by atoms with Crippen molar-refractivity contribution in [2.75, 3.05) is 4.90 Å². The summed E-state index contributed by atoms with van der Waals surface area (Å²) < 4.78 is 6.48. The molecule has 2 bridgehead atoms. The Kier molecular flexibility index (Phi) is 2.66. The molecule has 1 aromatic carbocycles. The number of anilines is 1. The van der Waals surface area contributed by atoms with Crippen molar-refractivity contribution in [3.05, 3.63) is 29.3 Å². The Morgan fingerprint density at radius 1 is 1.30 bits per heavy atom. The van der Waals surface area contributed by atoms with Crippen LogP contribution < -0.4 is 4.90 Å². The van der Waals surface area contributed by atoms with Gasteiger partial charge in [0.25, 0.3) is 0 Å². The molecule has 1 amide bonds. The molecule has 4 fully saturated rings. The van der Waals surface area contributed by atoms with Crippen molar-refractivity contribution in [3.8, 4) is 0 Å². The van der Waals surface area contributed by atoms with E-state index in [0.29, 0.717) is 10.9 Å². The molecule has 7 atom stereocenters. The maximum absolute atomic E-state index is 13.3. The standard InChI is InChI=1S/C18H20ClNO3/c1-8(2)18-14-12-7-11(15(21)16(12)23-18)13(14)17(22)20(18)10-5-3-9(19)4-6-10/h3-6,8,11-16,21H,7H2,1-2H3. The Morgan fingerprint density at radius 3 is 2.65 bits per heavy atom. The number of amides is 1. The zero-order chi connectivity index (χ0) is 16.1. The maximum atomic E-state index is 13.3. The number of ether oxygens (including phenoxy) is 1. The molecule has 2 heterocycles. The fraction of sp³-hybridized carbons (Fsp3) is 0.611. The summed E-state index contributed by atoms with van der Waals surface area (Å²) in [5, 5.41) is 11.2. The number of carbonyl (C=O) groups is 1. The van der Waals surface area contributed by atoms with Gasteiger partial charge in [-0.05, 0) is 42.5 Å². The highest BCUT2D eigenvalue weighted by Gasteiger charge is 2.79. The number of halogens is 1. The summed E-state index contributed by atoms with van der Waals surface area (Å²) in [6, 6.07) is 7.41. The smallest absolute Gasteiger partial charge is 0.233 e. The van der Waals surface area contributed by atoms with Crippen molar-refractivity contribution >= 4 is 23.2 Å². The molecule has 7 unspecified atom stereocenters. The second-order valence-corrected chi connectivity index (χ2v) is 8.18. The van der Waals surface area contributed by atoms with Crippen LogP contribution in [0, 0.1) is 29.6 Å². The Morgan fingerprint density at radius 2 is 2.00 bits per heavy atom. The van der Waals surface area contributed by atoms with Gasteiger partial charge in [-0.3, -0.25) is 9.69 Å². The van der Waals surface area contributed by atoms with Gasteiger partial charge in [-0.1, -0.05) is 25.4 Å². The third-order valence-electron chi connectivity index (χ3n) is 6.62. The van der Waals surface area contributed by atoms with Gasteiger partial charge in [0.15, 0.2) is 5.72 Å². The molecular weight excluding hydrogens is 314 g/mol. The molecule has 0 spiro atoms. The molecule has 23 heavy (non-hydrogen) atoms. The Bertz CT molecular complexity index is 690. The molecule has 4 nitrogen and oxygen atoms in total. The van der Waals surface area contributed by atoms with E-state index in [2.05, 4.69) is 13.8 Å². The first-order chi connectivity index (χ1) is 11.0. The van der Waals surface area contributed by atoms with E-state index in [9.17, 15) is 9.90 Å². The summed E-state index contributed by atoms with van der Waals surface area (Å²) in [5.74, 6) is 0.726. The average molecular weight is 334 g/mol. The first-order valence-electron chi connectivity index (χ1n) is 8.42. The lowest BCUT2D eigenvalue weighted by Gasteiger charge is -2.42. The minimum atomic E-state index is -0.628. The summed E-state index contributed by atoms with van der Waals surface area (Å²) in [4.78, 5) is 15.1. The number of hydrogen-bond donors (Lipinski definition) is 1. The van der Waals surface area contributed by atoms with Crippen LogP contribution in [0.15, 0.2) is 24.3 Å². The first kappa shape index (κ1) is 14.3. The summed E-state index contributed by atoms with van der Waals surface area (Å²) in [6.45, 7) is 4.23. The third-order valence-corrected chi connectivity index (χ3v) is 6.87. The number of rotatable bonds is 2. The zero-order valence-electron chi connectivity index (χ0n) is 13.1. The highest BCUT2D eigenvalue weighted by Crippen LogP contribution is 2.69. The van der Waals surface area contributed by atoms with Gasteiger partial charge in [0.1, 0.15) is 0 Å². The van der Waals surface area contributed by atoms with E-state index in [4.69, 9.17) is 16.3 Å². The predicted octanol–water partition coefficient (Wildman–Crippen LogP) is 2.68. The van der Waals surface area contributed by atoms with Crippen LogP contribution in [0.1, 0.15) is 20.3 Å². The van der Waals surface area contributed by atoms with Crippen molar-refractivity contribution in [3.63, 3.8) is 0 Å². The van der Waals surface area contributed by atoms with Gasteiger partial charge in [0.2, 0.25) is 5.91 Å². The molecule has 5 rings (SSSR count). The molecule has 0 aromatic heterocycles. The molecule has 4 aliphatic rings. The third kappa shape index (κ3) is 1.44. The molecule has 122 valence electrons. The highest BCUT2D eigenvalue weighted by atomic mass is 35.5. The van der Waals surface area contributed by atoms with Crippen LogP contribution in [-0.4, -0.2) is 28.9 Å². The van der Waals surface area contributed by atoms with Crippen molar-refractivity contribution in [2.45, 2.75) is 38.2 Å². The van der Waals surface area contributed by atoms with E-state index >= 15 is 0 Å². The Hall–Kier alpha value is -1.10. The topological polar surface area (TPSA) is 49.8 Å². The lowest BCUT2D eigenvalue weighted by Crippen LogP contribution is -2.54. The predicted molar refractivity (Wildman–Crippen MR) is 86.0 cm³/mol. The number of carbonyl (C=O) groups excluding carboxylic acids is 1. The lowest BCUT2D eigenvalue weighted by molar-refractivity contribution is -0.136. The van der Waals surface area contributed by atoms with E-state index in [1.54, 1.807) is 0 Å². The minimum Gasteiger partial charge on any atom is -0.390 e. The second kappa shape index (κ2) is 4.29. The van der Waals surface area contributed by atoms with Gasteiger partial charge in [-0.25, -0.2) is 0 Å². The van der Waals surface area contributed by atoms with Crippen LogP contribution in [0.4, 0.5) is 5.69 Å². The number of hydrogen-bond acceptors (Lipinski definition) is 3. The number of aliphatic hydroxyl groups is 1. The van der Waals surface area contributed by atoms with E-state index in [1.807, 2.05) is 29.2 Å². The van der Waals surface area contributed by atoms with E-state index in [-0.39, 0.29) is 35.7 Å². The molecule has 1 N–H and O–H groups in total. The van der Waals surface area contributed by atoms with Crippen LogP contribution in [0.3, 0.4) is 0 Å². The highest BCUT2D eigenvalue weighted by molar-refractivity contribution is 6.30. The SMILES string of the molecule is CC(C)C12OC3C(O)C4CC3C1C4C(=O)N2c1ccc(Cl)cc1. The van der Waals surface area contributed by atoms with Crippen LogP contribution in [0.2, 0.25) is 5.02 Å². The molecule has 2 aliphatic carbocycles. The van der Waals surface area contributed by atoms with Gasteiger partial charge in [0, 0.05) is 22.5 Å². The summed E-state index contributed by atoms with van der Waals surface area (Å²) in [6.07, 6.45) is 0.320. The summed E-state index contributed by atoms with van der Waals surface area (Å²) in [5.41, 5.74) is 0.217. The quantitative estimate of drug-likeness (QED) is 0.905. The second-order valence-electron chi connectivity index (χ2n) is 7.74. The van der Waals surface area contributed by atoms with E-state index in [0.717, 1.165) is 12.1 Å². The van der Waals surface area contributed by atoms with E-state index in [1.165, 1.54) is 0 Å². The van der Waals surface area contributed by atoms with Crippen molar-refractivity contribution in [1.29, 1.82) is 0 Å². The van der Waals surface area contributed by atoms with Gasteiger partial charge >= 0.3 is 0 Å². The van der Waals surface area contributed by atoms with Crippen LogP contribution in [0.5, 0.6) is 0 Å². The normalized spacial score (nSPS) is 46.5. The summed E-state index contributed by atoms with van der Waals surface area (Å²) >= 11 is 6.01. The number of benzene rings is 1. The molecule has 5 heteroatoms. The fourth-order valence-electron chi connectivity index (χ4n) is 5.90. The number of aliphatic hydroxyl groups excluding tert-OH is 1. The molecule has 2 aliphatic heterocycles. The molecule has 2 saturated heterocycles. The largest absolute Gasteiger partial charge is 0.390 e. The Labute approximate surface area is 140 Å². The number of fused-ring (bicyclic) bond motifs is 2. The van der Waals surface area contributed by atoms with E-state index < -0.39 is 11.8 Å². The molecular formula is C18H20ClNO3. The van der Waals surface area contributed by atoms with Gasteiger partial charge in [0.05, 0.1) is 18.1 Å². The first-order valence-corrected chi connectivity index (χ1v) is 8.80. The maximum Gasteiger partial charge on any atom is 0.233 e. The molecule has 1 aromatic rings. The number of nitrogens with zero attached hydrogens (tertiary/aromatic N) is 1. The Balaban J connectivity index is 1.69. The lowest BCUT2D eigenvalue weighted by atomic mass is 9.74. The van der Waals surface area contributed by atoms with Crippen LogP contribution in [-0.2, 0) is 9.53 Å².